The van der Waals surface area contributed by atoms with Crippen LogP contribution in [0.2, 0.25) is 0 Å². The number of rotatable bonds is 5. The Morgan fingerprint density at radius 1 is 1.47 bits per heavy atom. The van der Waals surface area contributed by atoms with Crippen molar-refractivity contribution in [2.45, 2.75) is 51.6 Å². The van der Waals surface area contributed by atoms with Gasteiger partial charge in [-0.25, -0.2) is 13.1 Å². The zero-order chi connectivity index (χ0) is 11.3. The van der Waals surface area contributed by atoms with Gasteiger partial charge < -0.3 is 5.32 Å². The molecule has 1 saturated heterocycles. The fourth-order valence-electron chi connectivity index (χ4n) is 1.83. The number of nitrogens with one attached hydrogen (secondary N) is 2. The first-order valence-corrected chi connectivity index (χ1v) is 7.44. The van der Waals surface area contributed by atoms with E-state index in [1.165, 1.54) is 0 Å². The summed E-state index contributed by atoms with van der Waals surface area (Å²) in [6, 6.07) is 0.316. The first-order chi connectivity index (χ1) is 7.05. The first kappa shape index (κ1) is 12.9. The first-order valence-electron chi connectivity index (χ1n) is 5.78. The monoisotopic (exact) mass is 234 g/mol. The van der Waals surface area contributed by atoms with Gasteiger partial charge in [0.15, 0.2) is 0 Å². The van der Waals surface area contributed by atoms with Gasteiger partial charge in [-0.15, -0.1) is 0 Å². The van der Waals surface area contributed by atoms with Gasteiger partial charge in [0, 0.05) is 12.1 Å². The van der Waals surface area contributed by atoms with Crippen LogP contribution in [0.15, 0.2) is 0 Å². The lowest BCUT2D eigenvalue weighted by Gasteiger charge is -2.30. The molecule has 0 aromatic carbocycles. The number of sulfonamides is 1. The molecule has 1 rings (SSSR count). The van der Waals surface area contributed by atoms with Crippen molar-refractivity contribution in [2.24, 2.45) is 0 Å². The molecule has 1 aliphatic heterocycles. The van der Waals surface area contributed by atoms with Gasteiger partial charge in [-0.3, -0.25) is 0 Å². The number of hydrogen-bond donors (Lipinski definition) is 2. The molecular formula is C10H22N2O2S. The molecular weight excluding hydrogens is 212 g/mol. The molecule has 0 spiro atoms. The minimum atomic E-state index is -3.07. The Morgan fingerprint density at radius 2 is 2.20 bits per heavy atom. The van der Waals surface area contributed by atoms with Gasteiger partial charge in [0.25, 0.3) is 0 Å². The SMILES string of the molecule is CCCCS(=O)(=O)NC1CCCNC1C. The van der Waals surface area contributed by atoms with Crippen LogP contribution >= 0.6 is 0 Å². The molecule has 2 atom stereocenters. The maximum Gasteiger partial charge on any atom is 0.211 e. The maximum atomic E-state index is 11.7. The van der Waals surface area contributed by atoms with Crippen molar-refractivity contribution in [1.29, 1.82) is 0 Å². The highest BCUT2D eigenvalue weighted by Gasteiger charge is 2.24. The summed E-state index contributed by atoms with van der Waals surface area (Å²) in [5, 5.41) is 3.28. The van der Waals surface area contributed by atoms with Crippen molar-refractivity contribution < 1.29 is 8.42 Å². The summed E-state index contributed by atoms with van der Waals surface area (Å²) < 4.78 is 26.1. The molecule has 1 heterocycles. The molecule has 2 N–H and O–H groups in total. The van der Waals surface area contributed by atoms with Crippen molar-refractivity contribution in [1.82, 2.24) is 10.0 Å². The van der Waals surface area contributed by atoms with E-state index in [0.29, 0.717) is 0 Å². The van der Waals surface area contributed by atoms with Crippen molar-refractivity contribution in [3.63, 3.8) is 0 Å². The van der Waals surface area contributed by atoms with E-state index in [-0.39, 0.29) is 17.8 Å². The molecule has 15 heavy (non-hydrogen) atoms. The summed E-state index contributed by atoms with van der Waals surface area (Å²) in [6.45, 7) is 5.03. The van der Waals surface area contributed by atoms with Crippen LogP contribution in [0.1, 0.15) is 39.5 Å². The van der Waals surface area contributed by atoms with Crippen LogP contribution in [-0.4, -0.2) is 32.8 Å². The predicted octanol–water partition coefficient (Wildman–Crippen LogP) is 0.846. The summed E-state index contributed by atoms with van der Waals surface area (Å²) in [5.74, 6) is 0.257. The lowest BCUT2D eigenvalue weighted by atomic mass is 10.0. The van der Waals surface area contributed by atoms with E-state index in [2.05, 4.69) is 10.0 Å². The summed E-state index contributed by atoms with van der Waals surface area (Å²) in [6.07, 6.45) is 3.65. The van der Waals surface area contributed by atoms with E-state index in [9.17, 15) is 8.42 Å². The van der Waals surface area contributed by atoms with Crippen molar-refractivity contribution >= 4 is 10.0 Å². The Kier molecular flexibility index (Phi) is 5.02. The molecule has 2 unspecified atom stereocenters. The van der Waals surface area contributed by atoms with Gasteiger partial charge in [-0.05, 0) is 32.7 Å². The van der Waals surface area contributed by atoms with Gasteiger partial charge >= 0.3 is 0 Å². The van der Waals surface area contributed by atoms with E-state index < -0.39 is 10.0 Å². The number of hydrogen-bond acceptors (Lipinski definition) is 3. The van der Waals surface area contributed by atoms with Gasteiger partial charge in [-0.2, -0.15) is 0 Å². The van der Waals surface area contributed by atoms with Crippen LogP contribution in [-0.2, 0) is 10.0 Å². The molecule has 0 radical (unpaired) electrons. The highest BCUT2D eigenvalue weighted by atomic mass is 32.2. The smallest absolute Gasteiger partial charge is 0.211 e. The lowest BCUT2D eigenvalue weighted by molar-refractivity contribution is 0.348. The topological polar surface area (TPSA) is 58.2 Å². The molecule has 5 heteroatoms. The van der Waals surface area contributed by atoms with Gasteiger partial charge in [0.05, 0.1) is 5.75 Å². The van der Waals surface area contributed by atoms with Crippen LogP contribution < -0.4 is 10.0 Å². The Bertz CT molecular complexity index is 277. The quantitative estimate of drug-likeness (QED) is 0.741. The van der Waals surface area contributed by atoms with Crippen LogP contribution in [0.25, 0.3) is 0 Å². The zero-order valence-electron chi connectivity index (χ0n) is 9.62. The molecule has 90 valence electrons. The molecule has 4 nitrogen and oxygen atoms in total. The summed E-state index contributed by atoms with van der Waals surface area (Å²) >= 11 is 0. The maximum absolute atomic E-state index is 11.7. The summed E-state index contributed by atoms with van der Waals surface area (Å²) in [4.78, 5) is 0. The zero-order valence-corrected chi connectivity index (χ0v) is 10.4. The molecule has 0 aliphatic carbocycles. The minimum Gasteiger partial charge on any atom is -0.313 e. The van der Waals surface area contributed by atoms with Crippen LogP contribution in [0.3, 0.4) is 0 Å². The highest BCUT2D eigenvalue weighted by Crippen LogP contribution is 2.09. The third-order valence-corrected chi connectivity index (χ3v) is 4.35. The largest absolute Gasteiger partial charge is 0.313 e. The van der Waals surface area contributed by atoms with E-state index in [0.717, 1.165) is 32.2 Å². The number of unbranched alkanes of at least 4 members (excludes halogenated alkanes) is 1. The average Bonchev–Trinajstić information content (AvgIpc) is 2.18. The summed E-state index contributed by atoms with van der Waals surface area (Å²) in [5.41, 5.74) is 0. The Balaban J connectivity index is 2.44. The molecule has 0 aromatic rings. The fourth-order valence-corrected chi connectivity index (χ4v) is 3.40. The fraction of sp³-hybridized carbons (Fsp3) is 1.00. The molecule has 1 aliphatic rings. The Labute approximate surface area is 92.9 Å². The van der Waals surface area contributed by atoms with Gasteiger partial charge in [-0.1, -0.05) is 13.3 Å². The third-order valence-electron chi connectivity index (χ3n) is 2.86. The molecule has 0 amide bonds. The molecule has 1 fully saturated rings. The van der Waals surface area contributed by atoms with E-state index in [1.807, 2.05) is 13.8 Å². The van der Waals surface area contributed by atoms with Crippen molar-refractivity contribution in [2.75, 3.05) is 12.3 Å². The number of piperidine rings is 1. The van der Waals surface area contributed by atoms with E-state index >= 15 is 0 Å². The second-order valence-electron chi connectivity index (χ2n) is 4.28. The molecule has 0 bridgehead atoms. The van der Waals surface area contributed by atoms with Gasteiger partial charge in [0.1, 0.15) is 0 Å². The lowest BCUT2D eigenvalue weighted by Crippen LogP contribution is -2.52. The average molecular weight is 234 g/mol. The standard InChI is InChI=1S/C10H22N2O2S/c1-3-4-8-15(13,14)12-10-6-5-7-11-9(10)2/h9-12H,3-8H2,1-2H3. The predicted molar refractivity (Wildman–Crippen MR) is 62.3 cm³/mol. The second kappa shape index (κ2) is 5.82. The van der Waals surface area contributed by atoms with Crippen LogP contribution in [0, 0.1) is 0 Å². The van der Waals surface area contributed by atoms with Crippen molar-refractivity contribution in [3.05, 3.63) is 0 Å². The molecule has 0 saturated carbocycles. The van der Waals surface area contributed by atoms with E-state index in [4.69, 9.17) is 0 Å². The minimum absolute atomic E-state index is 0.0700. The molecule has 0 aromatic heterocycles. The van der Waals surface area contributed by atoms with Crippen molar-refractivity contribution in [3.8, 4) is 0 Å². The van der Waals surface area contributed by atoms with Crippen LogP contribution in [0.5, 0.6) is 0 Å². The summed E-state index contributed by atoms with van der Waals surface area (Å²) in [7, 11) is -3.07. The van der Waals surface area contributed by atoms with Crippen LogP contribution in [0.4, 0.5) is 0 Å². The third kappa shape index (κ3) is 4.49. The second-order valence-corrected chi connectivity index (χ2v) is 6.16. The Hall–Kier alpha value is -0.130. The highest BCUT2D eigenvalue weighted by molar-refractivity contribution is 7.89. The van der Waals surface area contributed by atoms with E-state index in [1.54, 1.807) is 0 Å². The Morgan fingerprint density at radius 3 is 2.80 bits per heavy atom. The normalized spacial score (nSPS) is 27.9. The van der Waals surface area contributed by atoms with Gasteiger partial charge in [0.2, 0.25) is 10.0 Å².